The van der Waals surface area contributed by atoms with E-state index in [0.29, 0.717) is 41.8 Å². The lowest BCUT2D eigenvalue weighted by molar-refractivity contribution is -0.133. The average molecular weight is 439 g/mol. The van der Waals surface area contributed by atoms with Gasteiger partial charge in [-0.15, -0.1) is 0 Å². The van der Waals surface area contributed by atoms with Gasteiger partial charge in [-0.25, -0.2) is 13.8 Å². The van der Waals surface area contributed by atoms with Gasteiger partial charge in [0.2, 0.25) is 0 Å². The lowest BCUT2D eigenvalue weighted by Gasteiger charge is -2.34. The summed E-state index contributed by atoms with van der Waals surface area (Å²) in [5, 5.41) is 2.82. The summed E-state index contributed by atoms with van der Waals surface area (Å²) in [6, 6.07) is 15.9. The molecule has 0 unspecified atom stereocenters. The van der Waals surface area contributed by atoms with Gasteiger partial charge in [0.05, 0.1) is 4.70 Å². The molecule has 1 aliphatic heterocycles. The molecule has 0 atom stereocenters. The van der Waals surface area contributed by atoms with E-state index in [1.54, 1.807) is 4.90 Å². The fraction of sp³-hybridized carbons (Fsp3) is 0.217. The highest BCUT2D eigenvalue weighted by molar-refractivity contribution is 7.22. The van der Waals surface area contributed by atoms with Gasteiger partial charge in [0.1, 0.15) is 17.1 Å². The summed E-state index contributed by atoms with van der Waals surface area (Å²) < 4.78 is 33.5. The van der Waals surface area contributed by atoms with E-state index in [4.69, 9.17) is 4.74 Å². The summed E-state index contributed by atoms with van der Waals surface area (Å²) in [4.78, 5) is 20.7. The van der Waals surface area contributed by atoms with E-state index >= 15 is 0 Å². The monoisotopic (exact) mass is 439 g/mol. The van der Waals surface area contributed by atoms with Crippen molar-refractivity contribution < 1.29 is 18.3 Å². The van der Waals surface area contributed by atoms with Gasteiger partial charge in [0, 0.05) is 32.2 Å². The van der Waals surface area contributed by atoms with Crippen LogP contribution in [-0.4, -0.2) is 48.6 Å². The number of amides is 1. The second-order valence-electron chi connectivity index (χ2n) is 7.40. The van der Waals surface area contributed by atoms with Crippen LogP contribution in [0.4, 0.5) is 13.9 Å². The molecule has 0 spiro atoms. The van der Waals surface area contributed by atoms with Crippen molar-refractivity contribution in [3.8, 4) is 5.75 Å². The van der Waals surface area contributed by atoms with Gasteiger partial charge in [-0.1, -0.05) is 41.7 Å². The number of carbonyl (C=O) groups is 1. The minimum atomic E-state index is -0.655. The molecular weight excluding hydrogens is 420 g/mol. The van der Waals surface area contributed by atoms with Gasteiger partial charge in [0.25, 0.3) is 5.91 Å². The van der Waals surface area contributed by atoms with Crippen LogP contribution in [0.25, 0.3) is 21.0 Å². The number of anilines is 1. The van der Waals surface area contributed by atoms with Crippen molar-refractivity contribution in [3.63, 3.8) is 0 Å². The molecule has 5 nitrogen and oxygen atoms in total. The predicted octanol–water partition coefficient (Wildman–Crippen LogP) is 4.46. The zero-order chi connectivity index (χ0) is 21.4. The van der Waals surface area contributed by atoms with Gasteiger partial charge >= 0.3 is 0 Å². The third-order valence-corrected chi connectivity index (χ3v) is 6.45. The first-order chi connectivity index (χ1) is 15.1. The third-order valence-electron chi connectivity index (χ3n) is 5.39. The molecule has 1 saturated heterocycles. The van der Waals surface area contributed by atoms with E-state index in [9.17, 15) is 13.6 Å². The Morgan fingerprint density at radius 1 is 1.00 bits per heavy atom. The summed E-state index contributed by atoms with van der Waals surface area (Å²) >= 11 is 1.26. The minimum absolute atomic E-state index is 0.0238. The number of hydrogen-bond acceptors (Lipinski definition) is 5. The number of thiazole rings is 1. The molecule has 0 N–H and O–H groups in total. The summed E-state index contributed by atoms with van der Waals surface area (Å²) in [5.41, 5.74) is 0.184. The Bertz CT molecular complexity index is 1270. The molecule has 1 fully saturated rings. The van der Waals surface area contributed by atoms with Gasteiger partial charge in [-0.05, 0) is 29.0 Å². The second-order valence-corrected chi connectivity index (χ2v) is 8.41. The van der Waals surface area contributed by atoms with E-state index in [0.717, 1.165) is 16.8 Å². The fourth-order valence-corrected chi connectivity index (χ4v) is 4.78. The summed E-state index contributed by atoms with van der Waals surface area (Å²) in [6.45, 7) is 2.17. The maximum absolute atomic E-state index is 13.9. The normalized spacial score (nSPS) is 14.4. The third kappa shape index (κ3) is 4.03. The number of piperazine rings is 1. The van der Waals surface area contributed by atoms with Crippen molar-refractivity contribution in [1.82, 2.24) is 9.88 Å². The van der Waals surface area contributed by atoms with Crippen LogP contribution in [0.1, 0.15) is 0 Å². The van der Waals surface area contributed by atoms with Crippen molar-refractivity contribution in [2.45, 2.75) is 0 Å². The highest BCUT2D eigenvalue weighted by Crippen LogP contribution is 2.31. The molecule has 2 heterocycles. The molecule has 0 bridgehead atoms. The molecule has 3 aromatic carbocycles. The zero-order valence-electron chi connectivity index (χ0n) is 16.6. The largest absolute Gasteiger partial charge is 0.484 e. The summed E-state index contributed by atoms with van der Waals surface area (Å²) in [7, 11) is 0. The number of benzene rings is 3. The Kier molecular flexibility index (Phi) is 5.15. The number of hydrogen-bond donors (Lipinski definition) is 0. The maximum Gasteiger partial charge on any atom is 0.260 e. The molecule has 158 valence electrons. The highest BCUT2D eigenvalue weighted by atomic mass is 32.1. The molecule has 1 amide bonds. The molecule has 4 aromatic rings. The van der Waals surface area contributed by atoms with Crippen LogP contribution < -0.4 is 9.64 Å². The first-order valence-electron chi connectivity index (χ1n) is 9.97. The van der Waals surface area contributed by atoms with Crippen LogP contribution in [0, 0.1) is 11.6 Å². The van der Waals surface area contributed by atoms with Crippen LogP contribution in [0.2, 0.25) is 0 Å². The quantitative estimate of drug-likeness (QED) is 0.471. The van der Waals surface area contributed by atoms with Crippen molar-refractivity contribution in [2.75, 3.05) is 37.7 Å². The van der Waals surface area contributed by atoms with Gasteiger partial charge < -0.3 is 14.5 Å². The first-order valence-corrected chi connectivity index (χ1v) is 10.8. The summed E-state index contributed by atoms with van der Waals surface area (Å²) in [6.07, 6.45) is 0. The molecule has 31 heavy (non-hydrogen) atoms. The first kappa shape index (κ1) is 19.7. The van der Waals surface area contributed by atoms with Gasteiger partial charge in [-0.2, -0.15) is 0 Å². The van der Waals surface area contributed by atoms with Crippen molar-refractivity contribution in [2.24, 2.45) is 0 Å². The Hall–Kier alpha value is -3.26. The topological polar surface area (TPSA) is 45.7 Å². The molecule has 0 aliphatic carbocycles. The van der Waals surface area contributed by atoms with E-state index in [-0.39, 0.29) is 18.0 Å². The molecule has 1 aliphatic rings. The van der Waals surface area contributed by atoms with Crippen LogP contribution in [0.3, 0.4) is 0 Å². The number of ether oxygens (including phenoxy) is 1. The number of carbonyl (C=O) groups excluding carboxylic acids is 1. The van der Waals surface area contributed by atoms with Gasteiger partial charge in [0.15, 0.2) is 17.6 Å². The number of fused-ring (bicyclic) bond motifs is 2. The smallest absolute Gasteiger partial charge is 0.260 e. The Labute approximate surface area is 181 Å². The standard InChI is InChI=1S/C23H19F2N3O2S/c24-17-12-19(25)22-20(13-17)31-23(26-22)28-9-7-27(8-10-28)21(29)14-30-18-6-5-15-3-1-2-4-16(15)11-18/h1-6,11-13H,7-10,14H2. The fourth-order valence-electron chi connectivity index (χ4n) is 3.72. The minimum Gasteiger partial charge on any atom is -0.484 e. The lowest BCUT2D eigenvalue weighted by Crippen LogP contribution is -2.50. The van der Waals surface area contributed by atoms with E-state index in [1.807, 2.05) is 47.4 Å². The molecular formula is C23H19F2N3O2S. The maximum atomic E-state index is 13.9. The van der Waals surface area contributed by atoms with Crippen molar-refractivity contribution >= 4 is 43.4 Å². The van der Waals surface area contributed by atoms with Crippen LogP contribution in [0.5, 0.6) is 5.75 Å². The molecule has 0 radical (unpaired) electrons. The van der Waals surface area contributed by atoms with Crippen LogP contribution in [0.15, 0.2) is 54.6 Å². The SMILES string of the molecule is O=C(COc1ccc2ccccc2c1)N1CCN(c2nc3c(F)cc(F)cc3s2)CC1. The van der Waals surface area contributed by atoms with Crippen molar-refractivity contribution in [3.05, 3.63) is 66.2 Å². The van der Waals surface area contributed by atoms with Crippen LogP contribution in [-0.2, 0) is 4.79 Å². The van der Waals surface area contributed by atoms with Gasteiger partial charge in [-0.3, -0.25) is 4.79 Å². The molecule has 0 saturated carbocycles. The average Bonchev–Trinajstić information content (AvgIpc) is 3.22. The Balaban J connectivity index is 1.19. The van der Waals surface area contributed by atoms with E-state index in [1.165, 1.54) is 17.4 Å². The van der Waals surface area contributed by atoms with Crippen LogP contribution >= 0.6 is 11.3 Å². The zero-order valence-corrected chi connectivity index (χ0v) is 17.4. The molecule has 5 rings (SSSR count). The number of rotatable bonds is 4. The Morgan fingerprint density at radius 2 is 1.77 bits per heavy atom. The molecule has 8 heteroatoms. The van der Waals surface area contributed by atoms with E-state index < -0.39 is 11.6 Å². The number of nitrogens with zero attached hydrogens (tertiary/aromatic N) is 3. The highest BCUT2D eigenvalue weighted by Gasteiger charge is 2.24. The predicted molar refractivity (Wildman–Crippen MR) is 118 cm³/mol. The second kappa shape index (κ2) is 8.11. The lowest BCUT2D eigenvalue weighted by atomic mass is 10.1. The number of halogens is 2. The van der Waals surface area contributed by atoms with E-state index in [2.05, 4.69) is 4.98 Å². The summed E-state index contributed by atoms with van der Waals surface area (Å²) in [5.74, 6) is -0.682. The van der Waals surface area contributed by atoms with Crippen molar-refractivity contribution in [1.29, 1.82) is 0 Å². The molecule has 1 aromatic heterocycles. The Morgan fingerprint density at radius 3 is 2.58 bits per heavy atom. The number of aromatic nitrogens is 1.